The predicted octanol–water partition coefficient (Wildman–Crippen LogP) is 3.20. The van der Waals surface area contributed by atoms with Gasteiger partial charge in [-0.1, -0.05) is 11.8 Å². The molecule has 0 aliphatic heterocycles. The number of aryl methyl sites for hydroxylation is 1. The van der Waals surface area contributed by atoms with Crippen molar-refractivity contribution in [2.45, 2.75) is 13.5 Å². The van der Waals surface area contributed by atoms with Crippen LogP contribution in [0.3, 0.4) is 0 Å². The lowest BCUT2D eigenvalue weighted by molar-refractivity contribution is 0.304. The summed E-state index contributed by atoms with van der Waals surface area (Å²) in [7, 11) is 0. The molecule has 0 atom stereocenters. The maximum absolute atomic E-state index is 13.1. The lowest BCUT2D eigenvalue weighted by Gasteiger charge is -2.08. The van der Waals surface area contributed by atoms with Gasteiger partial charge in [-0.25, -0.2) is 8.78 Å². The Bertz CT molecular complexity index is 679. The first-order valence-corrected chi connectivity index (χ1v) is 6.36. The zero-order valence-corrected chi connectivity index (χ0v) is 11.5. The normalized spacial score (nSPS) is 9.90. The highest BCUT2D eigenvalue weighted by Gasteiger charge is 2.03. The third-order valence-electron chi connectivity index (χ3n) is 2.83. The minimum atomic E-state index is -0.626. The number of rotatable bonds is 3. The third kappa shape index (κ3) is 4.30. The van der Waals surface area contributed by atoms with Crippen LogP contribution in [0.5, 0.6) is 5.75 Å². The number of halogens is 2. The quantitative estimate of drug-likeness (QED) is 0.879. The summed E-state index contributed by atoms with van der Waals surface area (Å²) in [6.07, 6.45) is 0. The molecule has 0 radical (unpaired) electrons. The van der Waals surface area contributed by atoms with E-state index >= 15 is 0 Å². The Labute approximate surface area is 122 Å². The van der Waals surface area contributed by atoms with Crippen molar-refractivity contribution in [2.24, 2.45) is 0 Å². The number of aliphatic hydroxyl groups is 1. The molecule has 0 unspecified atom stereocenters. The van der Waals surface area contributed by atoms with E-state index in [2.05, 4.69) is 11.8 Å². The molecular formula is C17H14F2O2. The molecule has 0 heterocycles. The zero-order valence-electron chi connectivity index (χ0n) is 11.5. The summed E-state index contributed by atoms with van der Waals surface area (Å²) >= 11 is 0. The molecule has 0 spiro atoms. The average Bonchev–Trinajstić information content (AvgIpc) is 2.43. The average molecular weight is 288 g/mol. The van der Waals surface area contributed by atoms with E-state index in [0.717, 1.165) is 17.2 Å². The molecule has 1 N–H and O–H groups in total. The molecule has 21 heavy (non-hydrogen) atoms. The van der Waals surface area contributed by atoms with Gasteiger partial charge in [0, 0.05) is 11.6 Å². The van der Waals surface area contributed by atoms with E-state index in [9.17, 15) is 8.78 Å². The van der Waals surface area contributed by atoms with Gasteiger partial charge in [0.2, 0.25) is 0 Å². The second kappa shape index (κ2) is 6.87. The van der Waals surface area contributed by atoms with E-state index in [1.165, 1.54) is 12.1 Å². The monoisotopic (exact) mass is 288 g/mol. The Kier molecular flexibility index (Phi) is 4.91. The van der Waals surface area contributed by atoms with Crippen LogP contribution in [0.1, 0.15) is 16.7 Å². The van der Waals surface area contributed by atoms with Crippen molar-refractivity contribution < 1.29 is 18.6 Å². The van der Waals surface area contributed by atoms with Crippen LogP contribution in [0, 0.1) is 30.4 Å². The Balaban J connectivity index is 2.08. The van der Waals surface area contributed by atoms with Gasteiger partial charge in [-0.15, -0.1) is 0 Å². The van der Waals surface area contributed by atoms with Crippen LogP contribution in [0.15, 0.2) is 36.4 Å². The summed E-state index contributed by atoms with van der Waals surface area (Å²) in [5.74, 6) is 4.74. The fourth-order valence-corrected chi connectivity index (χ4v) is 1.86. The summed E-state index contributed by atoms with van der Waals surface area (Å²) in [4.78, 5) is 0. The van der Waals surface area contributed by atoms with E-state index in [4.69, 9.17) is 9.84 Å². The van der Waals surface area contributed by atoms with Crippen LogP contribution in [0.25, 0.3) is 0 Å². The molecule has 2 nitrogen and oxygen atoms in total. The molecule has 4 heteroatoms. The summed E-state index contributed by atoms with van der Waals surface area (Å²) in [6.45, 7) is 1.76. The van der Waals surface area contributed by atoms with Gasteiger partial charge in [-0.05, 0) is 48.4 Å². The minimum absolute atomic E-state index is 0.0792. The Morgan fingerprint density at radius 1 is 1.10 bits per heavy atom. The van der Waals surface area contributed by atoms with E-state index in [1.54, 1.807) is 18.2 Å². The van der Waals surface area contributed by atoms with Crippen LogP contribution < -0.4 is 4.74 Å². The Morgan fingerprint density at radius 3 is 2.43 bits per heavy atom. The molecule has 0 aliphatic carbocycles. The molecule has 0 amide bonds. The predicted molar refractivity (Wildman–Crippen MR) is 75.8 cm³/mol. The standard InChI is InChI=1S/C17H14F2O2/c1-12-7-17(5-4-14(12)3-2-6-20)21-11-13-8-15(18)10-16(19)9-13/h4-5,7-10,20H,6,11H2,1H3. The van der Waals surface area contributed by atoms with Crippen molar-refractivity contribution >= 4 is 0 Å². The number of hydrogen-bond acceptors (Lipinski definition) is 2. The fourth-order valence-electron chi connectivity index (χ4n) is 1.86. The Morgan fingerprint density at radius 2 is 1.81 bits per heavy atom. The lowest BCUT2D eigenvalue weighted by atomic mass is 10.1. The molecule has 0 saturated heterocycles. The van der Waals surface area contributed by atoms with E-state index in [1.807, 2.05) is 6.92 Å². The molecule has 0 saturated carbocycles. The molecule has 2 rings (SSSR count). The van der Waals surface area contributed by atoms with Crippen LogP contribution in [0.2, 0.25) is 0 Å². The van der Waals surface area contributed by atoms with Gasteiger partial charge in [0.25, 0.3) is 0 Å². The van der Waals surface area contributed by atoms with E-state index in [-0.39, 0.29) is 13.2 Å². The van der Waals surface area contributed by atoms with Gasteiger partial charge in [0.05, 0.1) is 0 Å². The minimum Gasteiger partial charge on any atom is -0.489 e. The lowest BCUT2D eigenvalue weighted by Crippen LogP contribution is -1.98. The SMILES string of the molecule is Cc1cc(OCc2cc(F)cc(F)c2)ccc1C#CCO. The van der Waals surface area contributed by atoms with Gasteiger partial charge in [0.15, 0.2) is 0 Å². The fraction of sp³-hybridized carbons (Fsp3) is 0.176. The molecule has 0 bridgehead atoms. The second-order valence-electron chi connectivity index (χ2n) is 4.50. The maximum atomic E-state index is 13.1. The molecule has 0 aromatic heterocycles. The largest absolute Gasteiger partial charge is 0.489 e. The number of ether oxygens (including phenoxy) is 1. The molecule has 0 aliphatic rings. The number of hydrogen-bond donors (Lipinski definition) is 1. The number of aliphatic hydroxyl groups excluding tert-OH is 1. The molecule has 108 valence electrons. The third-order valence-corrected chi connectivity index (χ3v) is 2.83. The van der Waals surface area contributed by atoms with Gasteiger partial charge in [-0.3, -0.25) is 0 Å². The highest BCUT2D eigenvalue weighted by atomic mass is 19.1. The van der Waals surface area contributed by atoms with E-state index in [0.29, 0.717) is 11.3 Å². The second-order valence-corrected chi connectivity index (χ2v) is 4.50. The maximum Gasteiger partial charge on any atom is 0.126 e. The summed E-state index contributed by atoms with van der Waals surface area (Å²) in [5.41, 5.74) is 2.13. The van der Waals surface area contributed by atoms with Crippen LogP contribution in [-0.2, 0) is 6.61 Å². The van der Waals surface area contributed by atoms with Crippen molar-refractivity contribution in [3.05, 3.63) is 64.7 Å². The van der Waals surface area contributed by atoms with Crippen molar-refractivity contribution in [3.63, 3.8) is 0 Å². The van der Waals surface area contributed by atoms with Crippen molar-refractivity contribution in [1.82, 2.24) is 0 Å². The topological polar surface area (TPSA) is 29.5 Å². The number of benzene rings is 2. The summed E-state index contributed by atoms with van der Waals surface area (Å²) in [6, 6.07) is 8.58. The highest BCUT2D eigenvalue weighted by Crippen LogP contribution is 2.18. The molecular weight excluding hydrogens is 274 g/mol. The first-order chi connectivity index (χ1) is 10.1. The van der Waals surface area contributed by atoms with Crippen molar-refractivity contribution in [2.75, 3.05) is 6.61 Å². The first-order valence-electron chi connectivity index (χ1n) is 6.36. The summed E-state index contributed by atoms with van der Waals surface area (Å²) in [5, 5.41) is 8.67. The van der Waals surface area contributed by atoms with Crippen LogP contribution in [-0.4, -0.2) is 11.7 Å². The van der Waals surface area contributed by atoms with Crippen LogP contribution in [0.4, 0.5) is 8.78 Å². The summed E-state index contributed by atoms with van der Waals surface area (Å²) < 4.78 is 31.6. The molecule has 2 aromatic carbocycles. The molecule has 0 fully saturated rings. The van der Waals surface area contributed by atoms with Gasteiger partial charge in [-0.2, -0.15) is 0 Å². The smallest absolute Gasteiger partial charge is 0.126 e. The van der Waals surface area contributed by atoms with E-state index < -0.39 is 11.6 Å². The van der Waals surface area contributed by atoms with Gasteiger partial charge >= 0.3 is 0 Å². The van der Waals surface area contributed by atoms with Crippen LogP contribution >= 0.6 is 0 Å². The van der Waals surface area contributed by atoms with Crippen molar-refractivity contribution in [3.8, 4) is 17.6 Å². The molecule has 2 aromatic rings. The first kappa shape index (κ1) is 15.0. The Hall–Kier alpha value is -2.38. The van der Waals surface area contributed by atoms with Gasteiger partial charge < -0.3 is 9.84 Å². The van der Waals surface area contributed by atoms with Gasteiger partial charge in [0.1, 0.15) is 30.6 Å². The zero-order chi connectivity index (χ0) is 15.2. The van der Waals surface area contributed by atoms with Crippen molar-refractivity contribution in [1.29, 1.82) is 0 Å². The highest BCUT2D eigenvalue weighted by molar-refractivity contribution is 5.44.